The Hall–Kier alpha value is -4.57. The standard InChI is InChI=1S/C27H16FN3O5S/c1-30-18-6-4-3-5-16(18)27(25(30)34)21-22(32)15-11-13(28)7-10-19(15)36-23(21)24(33)31(27)26-29-17-9-8-14(35-2)12-20(17)37-26/h3-12H,1-2H3. The molecule has 1 spiro atoms. The number of anilines is 2. The normalized spacial score (nSPS) is 18.4. The number of likely N-dealkylation sites (N-methyl/N-ethyl adjacent to an activating group) is 1. The van der Waals surface area contributed by atoms with E-state index in [9.17, 15) is 18.8 Å². The third-order valence-corrected chi connectivity index (χ3v) is 8.00. The van der Waals surface area contributed by atoms with Gasteiger partial charge in [0.1, 0.15) is 17.1 Å². The molecule has 0 aliphatic carbocycles. The van der Waals surface area contributed by atoms with Gasteiger partial charge in [0.05, 0.1) is 28.3 Å². The number of ether oxygens (including phenoxy) is 1. The highest BCUT2D eigenvalue weighted by Crippen LogP contribution is 2.54. The maximum absolute atomic E-state index is 14.2. The molecule has 0 radical (unpaired) electrons. The summed E-state index contributed by atoms with van der Waals surface area (Å²) in [6.45, 7) is 0. The molecule has 0 N–H and O–H groups in total. The fourth-order valence-electron chi connectivity index (χ4n) is 5.36. The Morgan fingerprint density at radius 3 is 2.68 bits per heavy atom. The second-order valence-electron chi connectivity index (χ2n) is 8.84. The monoisotopic (exact) mass is 513 g/mol. The van der Waals surface area contributed by atoms with E-state index in [1.165, 1.54) is 27.2 Å². The highest BCUT2D eigenvalue weighted by molar-refractivity contribution is 7.22. The molecule has 3 aromatic carbocycles. The van der Waals surface area contributed by atoms with E-state index in [1.54, 1.807) is 56.6 Å². The fraction of sp³-hybridized carbons (Fsp3) is 0.111. The number of amides is 2. The molecule has 4 heterocycles. The molecule has 0 saturated heterocycles. The number of carbonyl (C=O) groups excluding carboxylic acids is 2. The molecule has 5 aromatic rings. The number of carbonyl (C=O) groups is 2. The van der Waals surface area contributed by atoms with Gasteiger partial charge < -0.3 is 14.1 Å². The van der Waals surface area contributed by atoms with Gasteiger partial charge in [0.2, 0.25) is 5.76 Å². The molecule has 8 nitrogen and oxygen atoms in total. The van der Waals surface area contributed by atoms with E-state index in [-0.39, 0.29) is 27.4 Å². The number of halogens is 1. The Morgan fingerprint density at radius 1 is 1.05 bits per heavy atom. The lowest BCUT2D eigenvalue weighted by atomic mass is 9.84. The van der Waals surface area contributed by atoms with E-state index in [0.717, 1.165) is 16.8 Å². The van der Waals surface area contributed by atoms with Crippen LogP contribution < -0.4 is 20.0 Å². The maximum Gasteiger partial charge on any atom is 0.297 e. The molecular formula is C27H16FN3O5S. The second kappa shape index (κ2) is 7.23. The number of hydrogen-bond donors (Lipinski definition) is 0. The molecule has 182 valence electrons. The maximum atomic E-state index is 14.2. The zero-order chi connectivity index (χ0) is 25.6. The number of thiazole rings is 1. The average molecular weight is 514 g/mol. The number of fused-ring (bicyclic) bond motifs is 6. The van der Waals surface area contributed by atoms with Crippen LogP contribution in [0.4, 0.5) is 15.2 Å². The van der Waals surface area contributed by atoms with Gasteiger partial charge in [-0.3, -0.25) is 19.3 Å². The first-order chi connectivity index (χ1) is 17.9. The highest BCUT2D eigenvalue weighted by atomic mass is 32.1. The summed E-state index contributed by atoms with van der Waals surface area (Å²) in [6.07, 6.45) is 0. The Balaban J connectivity index is 1.61. The van der Waals surface area contributed by atoms with Gasteiger partial charge in [-0.2, -0.15) is 0 Å². The molecular weight excluding hydrogens is 497 g/mol. The van der Waals surface area contributed by atoms with Crippen LogP contribution in [0.2, 0.25) is 0 Å². The number of aromatic nitrogens is 1. The molecule has 2 aliphatic rings. The lowest BCUT2D eigenvalue weighted by Gasteiger charge is -2.31. The zero-order valence-electron chi connectivity index (χ0n) is 19.4. The van der Waals surface area contributed by atoms with Crippen LogP contribution >= 0.6 is 11.3 Å². The number of hydrogen-bond acceptors (Lipinski definition) is 7. The summed E-state index contributed by atoms with van der Waals surface area (Å²) in [7, 11) is 3.13. The van der Waals surface area contributed by atoms with Crippen molar-refractivity contribution in [2.24, 2.45) is 0 Å². The first-order valence-corrected chi connectivity index (χ1v) is 12.1. The van der Waals surface area contributed by atoms with Crippen LogP contribution in [0.15, 0.2) is 69.9 Å². The minimum Gasteiger partial charge on any atom is -0.497 e. The number of rotatable bonds is 2. The molecule has 2 aromatic heterocycles. The van der Waals surface area contributed by atoms with Gasteiger partial charge in [-0.05, 0) is 42.5 Å². The third kappa shape index (κ3) is 2.59. The van der Waals surface area contributed by atoms with E-state index in [0.29, 0.717) is 22.5 Å². The molecule has 2 aliphatic heterocycles. The Morgan fingerprint density at radius 2 is 1.86 bits per heavy atom. The number of nitrogens with zero attached hydrogens (tertiary/aromatic N) is 3. The predicted octanol–water partition coefficient (Wildman–Crippen LogP) is 4.43. The van der Waals surface area contributed by atoms with Crippen molar-refractivity contribution in [3.63, 3.8) is 0 Å². The quantitative estimate of drug-likeness (QED) is 0.347. The molecule has 1 atom stereocenters. The molecule has 0 bridgehead atoms. The molecule has 0 saturated carbocycles. The van der Waals surface area contributed by atoms with E-state index >= 15 is 0 Å². The van der Waals surface area contributed by atoms with Crippen LogP contribution in [-0.4, -0.2) is 31.0 Å². The van der Waals surface area contributed by atoms with Crippen molar-refractivity contribution in [1.82, 2.24) is 4.98 Å². The van der Waals surface area contributed by atoms with Crippen molar-refractivity contribution in [3.8, 4) is 5.75 Å². The van der Waals surface area contributed by atoms with Crippen LogP contribution in [0.3, 0.4) is 0 Å². The van der Waals surface area contributed by atoms with Crippen molar-refractivity contribution in [3.05, 3.63) is 93.6 Å². The second-order valence-corrected chi connectivity index (χ2v) is 9.85. The van der Waals surface area contributed by atoms with Gasteiger partial charge in [0.25, 0.3) is 11.8 Å². The molecule has 10 heteroatoms. The summed E-state index contributed by atoms with van der Waals surface area (Å²) >= 11 is 1.19. The first-order valence-electron chi connectivity index (χ1n) is 11.3. The zero-order valence-corrected chi connectivity index (χ0v) is 20.3. The minimum atomic E-state index is -1.86. The van der Waals surface area contributed by atoms with Crippen molar-refractivity contribution < 1.29 is 23.1 Å². The van der Waals surface area contributed by atoms with Gasteiger partial charge in [0, 0.05) is 18.3 Å². The number of methoxy groups -OCH3 is 1. The summed E-state index contributed by atoms with van der Waals surface area (Å²) in [5.41, 5.74) is -1.03. The smallest absolute Gasteiger partial charge is 0.297 e. The van der Waals surface area contributed by atoms with E-state index in [2.05, 4.69) is 4.98 Å². The lowest BCUT2D eigenvalue weighted by molar-refractivity contribution is -0.121. The largest absolute Gasteiger partial charge is 0.497 e. The van der Waals surface area contributed by atoms with Gasteiger partial charge in [-0.25, -0.2) is 9.37 Å². The Labute approximate surface area is 212 Å². The van der Waals surface area contributed by atoms with E-state index in [4.69, 9.17) is 9.15 Å². The predicted molar refractivity (Wildman–Crippen MR) is 136 cm³/mol. The van der Waals surface area contributed by atoms with E-state index in [1.807, 2.05) is 0 Å². The molecule has 1 unspecified atom stereocenters. The Kier molecular flexibility index (Phi) is 4.24. The van der Waals surface area contributed by atoms with Crippen molar-refractivity contribution in [2.75, 3.05) is 24.0 Å². The summed E-state index contributed by atoms with van der Waals surface area (Å²) in [5, 5.41) is 0.161. The van der Waals surface area contributed by atoms with Crippen molar-refractivity contribution >= 4 is 55.2 Å². The summed E-state index contributed by atoms with van der Waals surface area (Å²) in [5.74, 6) is -1.48. The number of benzene rings is 3. The lowest BCUT2D eigenvalue weighted by Crippen LogP contribution is -2.53. The minimum absolute atomic E-state index is 0.0524. The topological polar surface area (TPSA) is 93.0 Å². The molecule has 0 fully saturated rings. The van der Waals surface area contributed by atoms with Gasteiger partial charge >= 0.3 is 0 Å². The summed E-state index contributed by atoms with van der Waals surface area (Å²) in [6, 6.07) is 15.8. The molecule has 7 rings (SSSR count). The first kappa shape index (κ1) is 21.7. The molecule has 2 amide bonds. The SMILES string of the molecule is COc1ccc2nc(N3C(=O)c4oc5ccc(F)cc5c(=O)c4C34C(=O)N(C)c3ccccc34)sc2c1. The number of para-hydroxylation sites is 1. The van der Waals surface area contributed by atoms with Crippen molar-refractivity contribution in [1.29, 1.82) is 0 Å². The van der Waals surface area contributed by atoms with Crippen molar-refractivity contribution in [2.45, 2.75) is 5.54 Å². The summed E-state index contributed by atoms with van der Waals surface area (Å²) in [4.78, 5) is 49.5. The molecule has 37 heavy (non-hydrogen) atoms. The third-order valence-electron chi connectivity index (χ3n) is 6.99. The Bertz CT molecular complexity index is 1900. The van der Waals surface area contributed by atoms with Crippen LogP contribution in [0.1, 0.15) is 21.7 Å². The average Bonchev–Trinajstić information content (AvgIpc) is 3.50. The van der Waals surface area contributed by atoms with Gasteiger partial charge in [-0.1, -0.05) is 29.5 Å². The van der Waals surface area contributed by atoms with Crippen LogP contribution in [-0.2, 0) is 10.3 Å². The highest BCUT2D eigenvalue weighted by Gasteiger charge is 2.65. The van der Waals surface area contributed by atoms with E-state index < -0.39 is 28.6 Å². The summed E-state index contributed by atoms with van der Waals surface area (Å²) < 4.78 is 26.1. The van der Waals surface area contributed by atoms with Crippen LogP contribution in [0, 0.1) is 5.82 Å². The van der Waals surface area contributed by atoms with Gasteiger partial charge in [-0.15, -0.1) is 0 Å². The van der Waals surface area contributed by atoms with Gasteiger partial charge in [0.15, 0.2) is 16.1 Å². The van der Waals surface area contributed by atoms with Crippen LogP contribution in [0.5, 0.6) is 5.75 Å². The van der Waals surface area contributed by atoms with Crippen LogP contribution in [0.25, 0.3) is 21.2 Å². The fourth-order valence-corrected chi connectivity index (χ4v) is 6.40.